The van der Waals surface area contributed by atoms with Crippen molar-refractivity contribution in [1.29, 1.82) is 0 Å². The topological polar surface area (TPSA) is 60.2 Å². The minimum absolute atomic E-state index is 0.218. The molecule has 2 atom stereocenters. The Morgan fingerprint density at radius 2 is 2.22 bits per heavy atom. The van der Waals surface area contributed by atoms with E-state index in [0.29, 0.717) is 17.8 Å². The van der Waals surface area contributed by atoms with Gasteiger partial charge in [0.2, 0.25) is 11.7 Å². The maximum Gasteiger partial charge on any atom is 0.231 e. The molecule has 0 radical (unpaired) electrons. The van der Waals surface area contributed by atoms with Gasteiger partial charge in [0.05, 0.1) is 5.92 Å². The Hall–Kier alpha value is -0.940. The van der Waals surface area contributed by atoms with E-state index in [4.69, 9.17) is 9.26 Å². The lowest BCUT2D eigenvalue weighted by Gasteiger charge is -2.37. The second-order valence-electron chi connectivity index (χ2n) is 5.10. The van der Waals surface area contributed by atoms with Crippen molar-refractivity contribution in [3.8, 4) is 0 Å². The van der Waals surface area contributed by atoms with Crippen LogP contribution in [-0.4, -0.2) is 30.3 Å². The van der Waals surface area contributed by atoms with Crippen molar-refractivity contribution in [3.05, 3.63) is 11.7 Å². The number of nitrogens with zero attached hydrogens (tertiary/aromatic N) is 2. The summed E-state index contributed by atoms with van der Waals surface area (Å²) in [5, 5.41) is 7.40. The zero-order valence-corrected chi connectivity index (χ0v) is 11.7. The maximum atomic E-state index is 5.57. The first kappa shape index (κ1) is 13.5. The summed E-state index contributed by atoms with van der Waals surface area (Å²) in [5.41, 5.74) is -0.289. The van der Waals surface area contributed by atoms with Crippen LogP contribution in [0.2, 0.25) is 0 Å². The van der Waals surface area contributed by atoms with Crippen LogP contribution in [0, 0.1) is 0 Å². The summed E-state index contributed by atoms with van der Waals surface area (Å²) in [5.74, 6) is 1.63. The van der Waals surface area contributed by atoms with Crippen LogP contribution in [-0.2, 0) is 10.3 Å². The predicted octanol–water partition coefficient (Wildman–Crippen LogP) is 2.20. The van der Waals surface area contributed by atoms with Crippen molar-refractivity contribution in [1.82, 2.24) is 15.5 Å². The molecule has 0 saturated heterocycles. The molecule has 0 bridgehead atoms. The number of nitrogens with one attached hydrogen (secondary N) is 1. The molecule has 1 aliphatic rings. The summed E-state index contributed by atoms with van der Waals surface area (Å²) in [4.78, 5) is 4.55. The molecule has 0 spiro atoms. The average Bonchev–Trinajstić information content (AvgIpc) is 2.80. The van der Waals surface area contributed by atoms with E-state index in [2.05, 4.69) is 29.3 Å². The lowest BCUT2D eigenvalue weighted by atomic mass is 9.79. The molecule has 1 aliphatic carbocycles. The minimum Gasteiger partial charge on any atom is -0.370 e. The predicted molar refractivity (Wildman–Crippen MR) is 68.4 cm³/mol. The van der Waals surface area contributed by atoms with E-state index >= 15 is 0 Å². The third-order valence-electron chi connectivity index (χ3n) is 4.20. The summed E-state index contributed by atoms with van der Waals surface area (Å²) in [6, 6.07) is 0.359. The van der Waals surface area contributed by atoms with Gasteiger partial charge in [0.1, 0.15) is 5.60 Å². The number of hydrogen-bond acceptors (Lipinski definition) is 5. The number of methoxy groups -OCH3 is 1. The number of ether oxygens (including phenoxy) is 1. The van der Waals surface area contributed by atoms with E-state index in [1.165, 1.54) is 6.42 Å². The van der Waals surface area contributed by atoms with Gasteiger partial charge in [-0.15, -0.1) is 0 Å². The SMILES string of the molecule is CCC(NC)C(C)c1nc(C2(OC)CCC2)no1. The first-order valence-corrected chi connectivity index (χ1v) is 6.73. The monoisotopic (exact) mass is 253 g/mol. The Morgan fingerprint density at radius 3 is 2.67 bits per heavy atom. The number of rotatable bonds is 6. The molecule has 2 unspecified atom stereocenters. The molecule has 102 valence electrons. The lowest BCUT2D eigenvalue weighted by Crippen LogP contribution is -2.37. The molecule has 1 N–H and O–H groups in total. The zero-order valence-electron chi connectivity index (χ0n) is 11.7. The standard InChI is InChI=1S/C13H23N3O2/c1-5-10(14-3)9(2)11-15-12(16-18-11)13(17-4)7-6-8-13/h9-10,14H,5-8H2,1-4H3. The Balaban J connectivity index is 2.15. The lowest BCUT2D eigenvalue weighted by molar-refractivity contribution is -0.0858. The highest BCUT2D eigenvalue weighted by Gasteiger charge is 2.43. The van der Waals surface area contributed by atoms with Crippen molar-refractivity contribution in [3.63, 3.8) is 0 Å². The number of aromatic nitrogens is 2. The molecule has 2 rings (SSSR count). The van der Waals surface area contributed by atoms with Crippen molar-refractivity contribution < 1.29 is 9.26 Å². The minimum atomic E-state index is -0.289. The van der Waals surface area contributed by atoms with E-state index in [0.717, 1.165) is 19.3 Å². The largest absolute Gasteiger partial charge is 0.370 e. The van der Waals surface area contributed by atoms with Crippen LogP contribution in [0.4, 0.5) is 0 Å². The maximum absolute atomic E-state index is 5.57. The Kier molecular flexibility index (Phi) is 4.02. The van der Waals surface area contributed by atoms with Gasteiger partial charge in [0.25, 0.3) is 0 Å². The van der Waals surface area contributed by atoms with Crippen molar-refractivity contribution in [2.75, 3.05) is 14.2 Å². The average molecular weight is 253 g/mol. The molecule has 1 fully saturated rings. The van der Waals surface area contributed by atoms with Gasteiger partial charge in [-0.25, -0.2) is 0 Å². The molecule has 1 saturated carbocycles. The second kappa shape index (κ2) is 5.36. The molecule has 1 heterocycles. The van der Waals surface area contributed by atoms with Gasteiger partial charge in [0.15, 0.2) is 0 Å². The van der Waals surface area contributed by atoms with E-state index < -0.39 is 0 Å². The van der Waals surface area contributed by atoms with Crippen LogP contribution < -0.4 is 5.32 Å². The Labute approximate surface area is 108 Å². The smallest absolute Gasteiger partial charge is 0.231 e. The van der Waals surface area contributed by atoms with Crippen LogP contribution in [0.15, 0.2) is 4.52 Å². The summed E-state index contributed by atoms with van der Waals surface area (Å²) in [7, 11) is 3.69. The number of hydrogen-bond donors (Lipinski definition) is 1. The Morgan fingerprint density at radius 1 is 1.50 bits per heavy atom. The second-order valence-corrected chi connectivity index (χ2v) is 5.10. The molecular weight excluding hydrogens is 230 g/mol. The molecule has 18 heavy (non-hydrogen) atoms. The van der Waals surface area contributed by atoms with Gasteiger partial charge in [-0.3, -0.25) is 0 Å². The van der Waals surface area contributed by atoms with Crippen molar-refractivity contribution in [2.24, 2.45) is 0 Å². The van der Waals surface area contributed by atoms with Crippen LogP contribution >= 0.6 is 0 Å². The van der Waals surface area contributed by atoms with Gasteiger partial charge < -0.3 is 14.6 Å². The highest BCUT2D eigenvalue weighted by molar-refractivity contribution is 5.08. The molecule has 0 amide bonds. The van der Waals surface area contributed by atoms with E-state index in [1.807, 2.05) is 7.05 Å². The van der Waals surface area contributed by atoms with Gasteiger partial charge in [-0.1, -0.05) is 19.0 Å². The first-order chi connectivity index (χ1) is 8.66. The molecule has 5 nitrogen and oxygen atoms in total. The fourth-order valence-corrected chi connectivity index (χ4v) is 2.60. The van der Waals surface area contributed by atoms with Crippen molar-refractivity contribution >= 4 is 0 Å². The first-order valence-electron chi connectivity index (χ1n) is 6.73. The van der Waals surface area contributed by atoms with E-state index in [1.54, 1.807) is 7.11 Å². The third kappa shape index (κ3) is 2.17. The molecule has 5 heteroatoms. The fraction of sp³-hybridized carbons (Fsp3) is 0.846. The molecule has 0 aromatic carbocycles. The van der Waals surface area contributed by atoms with Crippen molar-refractivity contribution in [2.45, 2.75) is 57.1 Å². The summed E-state index contributed by atoms with van der Waals surface area (Å²) in [6.07, 6.45) is 4.17. The van der Waals surface area contributed by atoms with Crippen LogP contribution in [0.1, 0.15) is 57.2 Å². The van der Waals surface area contributed by atoms with Crippen LogP contribution in [0.5, 0.6) is 0 Å². The molecular formula is C13H23N3O2. The van der Waals surface area contributed by atoms with E-state index in [-0.39, 0.29) is 11.5 Å². The van der Waals surface area contributed by atoms with Gasteiger partial charge >= 0.3 is 0 Å². The van der Waals surface area contributed by atoms with Gasteiger partial charge in [-0.2, -0.15) is 4.98 Å². The van der Waals surface area contributed by atoms with Gasteiger partial charge in [0, 0.05) is 13.2 Å². The summed E-state index contributed by atoms with van der Waals surface area (Å²) >= 11 is 0. The Bertz CT molecular complexity index is 378. The normalized spacial score (nSPS) is 21.3. The third-order valence-corrected chi connectivity index (χ3v) is 4.20. The van der Waals surface area contributed by atoms with E-state index in [9.17, 15) is 0 Å². The zero-order chi connectivity index (χ0) is 13.2. The molecule has 0 aliphatic heterocycles. The number of likely N-dealkylation sites (N-methyl/N-ethyl adjacent to an activating group) is 1. The quantitative estimate of drug-likeness (QED) is 0.842. The fourth-order valence-electron chi connectivity index (χ4n) is 2.60. The molecule has 1 aromatic heterocycles. The highest BCUT2D eigenvalue weighted by atomic mass is 16.5. The van der Waals surface area contributed by atoms with Gasteiger partial charge in [-0.05, 0) is 32.7 Å². The summed E-state index contributed by atoms with van der Waals surface area (Å²) < 4.78 is 11.0. The molecule has 1 aromatic rings. The summed E-state index contributed by atoms with van der Waals surface area (Å²) in [6.45, 7) is 4.26. The highest BCUT2D eigenvalue weighted by Crippen LogP contribution is 2.43. The van der Waals surface area contributed by atoms with Crippen LogP contribution in [0.3, 0.4) is 0 Å². The van der Waals surface area contributed by atoms with Crippen LogP contribution in [0.25, 0.3) is 0 Å².